The summed E-state index contributed by atoms with van der Waals surface area (Å²) in [6.45, 7) is 13.6. The van der Waals surface area contributed by atoms with Crippen molar-refractivity contribution in [2.75, 3.05) is 11.9 Å². The fourth-order valence-electron chi connectivity index (χ4n) is 4.99. The van der Waals surface area contributed by atoms with E-state index in [1.807, 2.05) is 32.9 Å². The highest BCUT2D eigenvalue weighted by Crippen LogP contribution is 2.30. The van der Waals surface area contributed by atoms with Crippen molar-refractivity contribution in [3.05, 3.63) is 64.2 Å². The molecule has 0 saturated carbocycles. The van der Waals surface area contributed by atoms with Crippen LogP contribution in [0.5, 0.6) is 0 Å². The molecule has 0 heterocycles. The maximum atomic E-state index is 14.5. The van der Waals surface area contributed by atoms with Gasteiger partial charge in [-0.3, -0.25) is 9.59 Å². The number of aryl methyl sites for hydroxylation is 1. The number of ether oxygens (including phenoxy) is 1. The third-order valence-corrected chi connectivity index (χ3v) is 7.47. The van der Waals surface area contributed by atoms with E-state index in [-0.39, 0.29) is 11.8 Å². The topological polar surface area (TPSA) is 87.7 Å². The largest absolute Gasteiger partial charge is 0.444 e. The molecule has 2 N–H and O–H groups in total. The van der Waals surface area contributed by atoms with Gasteiger partial charge in [0.2, 0.25) is 5.91 Å². The maximum Gasteiger partial charge on any atom is 0.408 e. The first-order valence-electron chi connectivity index (χ1n) is 15.7. The number of halogens is 1. The molecule has 2 aromatic carbocycles. The zero-order valence-corrected chi connectivity index (χ0v) is 28.2. The average Bonchev–Trinajstić information content (AvgIpc) is 2.94. The second kappa shape index (κ2) is 17.7. The molecular weight excluding hydrogens is 574 g/mol. The molecule has 44 heavy (non-hydrogen) atoms. The van der Waals surface area contributed by atoms with Crippen LogP contribution in [0.25, 0.3) is 0 Å². The Labute approximate surface area is 269 Å². The van der Waals surface area contributed by atoms with Gasteiger partial charge >= 0.3 is 6.09 Å². The van der Waals surface area contributed by atoms with Crippen LogP contribution in [-0.2, 0) is 14.3 Å². The number of nitrogens with zero attached hydrogens (tertiary/aromatic N) is 1. The highest BCUT2D eigenvalue weighted by atomic mass is 35.5. The van der Waals surface area contributed by atoms with Crippen molar-refractivity contribution in [2.45, 2.75) is 111 Å². The van der Waals surface area contributed by atoms with Gasteiger partial charge in [0.15, 0.2) is 0 Å². The van der Waals surface area contributed by atoms with E-state index in [0.29, 0.717) is 41.2 Å². The molecule has 3 amide bonds. The molecule has 0 aliphatic heterocycles. The van der Waals surface area contributed by atoms with Gasteiger partial charge in [-0.1, -0.05) is 94.7 Å². The van der Waals surface area contributed by atoms with Crippen LogP contribution >= 0.6 is 11.6 Å². The molecule has 2 atom stereocenters. The standard InChI is InChI=1S/C36H50ClN3O4/c1-9-11-12-13-14-15-23-40(34(42)30(24-25(3)4)38-35(43)44-36(6,7)8)32(28-21-19-27(10-2)20-22-28)33(41)39-31-26(5)17-16-18-29(31)37/h2,16-22,25,30,32H,9,11-15,23-24H2,1,3-8H3,(H,38,43)(H,39,41). The van der Waals surface area contributed by atoms with Gasteiger partial charge in [0.1, 0.15) is 17.7 Å². The molecule has 2 rings (SSSR count). The van der Waals surface area contributed by atoms with E-state index < -0.39 is 29.7 Å². The van der Waals surface area contributed by atoms with E-state index in [9.17, 15) is 14.4 Å². The molecule has 7 nitrogen and oxygen atoms in total. The van der Waals surface area contributed by atoms with Crippen molar-refractivity contribution in [3.63, 3.8) is 0 Å². The first-order chi connectivity index (χ1) is 20.8. The van der Waals surface area contributed by atoms with Gasteiger partial charge < -0.3 is 20.3 Å². The molecule has 8 heteroatoms. The third-order valence-electron chi connectivity index (χ3n) is 7.16. The minimum absolute atomic E-state index is 0.0859. The number of hydrogen-bond donors (Lipinski definition) is 2. The summed E-state index contributed by atoms with van der Waals surface area (Å²) in [7, 11) is 0. The van der Waals surface area contributed by atoms with E-state index in [4.69, 9.17) is 22.8 Å². The fraction of sp³-hybridized carbons (Fsp3) is 0.528. The fourth-order valence-corrected chi connectivity index (χ4v) is 5.26. The Morgan fingerprint density at radius 3 is 2.20 bits per heavy atom. The molecule has 0 fully saturated rings. The minimum atomic E-state index is -1.00. The van der Waals surface area contributed by atoms with Crippen LogP contribution in [0.4, 0.5) is 10.5 Å². The van der Waals surface area contributed by atoms with Crippen molar-refractivity contribution < 1.29 is 19.1 Å². The van der Waals surface area contributed by atoms with Gasteiger partial charge in [-0.05, 0) is 75.8 Å². The minimum Gasteiger partial charge on any atom is -0.444 e. The third kappa shape index (κ3) is 11.9. The zero-order chi connectivity index (χ0) is 32.9. The summed E-state index contributed by atoms with van der Waals surface area (Å²) in [5.74, 6) is 1.93. The number of anilines is 1. The van der Waals surface area contributed by atoms with Crippen LogP contribution in [0.2, 0.25) is 5.02 Å². The van der Waals surface area contributed by atoms with Gasteiger partial charge in [-0.25, -0.2) is 4.79 Å². The monoisotopic (exact) mass is 623 g/mol. The van der Waals surface area contributed by atoms with Gasteiger partial charge in [-0.2, -0.15) is 0 Å². The van der Waals surface area contributed by atoms with Crippen LogP contribution in [0.1, 0.15) is 109 Å². The molecule has 0 aromatic heterocycles. The predicted molar refractivity (Wildman–Crippen MR) is 180 cm³/mol. The maximum absolute atomic E-state index is 14.5. The number of carbonyl (C=O) groups excluding carboxylic acids is 3. The van der Waals surface area contributed by atoms with Gasteiger partial charge in [-0.15, -0.1) is 6.42 Å². The summed E-state index contributed by atoms with van der Waals surface area (Å²) in [5, 5.41) is 6.20. The lowest BCUT2D eigenvalue weighted by atomic mass is 9.98. The van der Waals surface area contributed by atoms with Crippen LogP contribution in [0.15, 0.2) is 42.5 Å². The van der Waals surface area contributed by atoms with Crippen molar-refractivity contribution in [2.24, 2.45) is 5.92 Å². The quantitative estimate of drug-likeness (QED) is 0.154. The number of carbonyl (C=O) groups is 3. The van der Waals surface area contributed by atoms with Crippen LogP contribution < -0.4 is 10.6 Å². The number of benzene rings is 2. The summed E-state index contributed by atoms with van der Waals surface area (Å²) in [4.78, 5) is 43.2. The molecule has 0 aliphatic rings. The molecule has 0 spiro atoms. The summed E-state index contributed by atoms with van der Waals surface area (Å²) in [6, 6.07) is 10.6. The summed E-state index contributed by atoms with van der Waals surface area (Å²) < 4.78 is 5.51. The molecule has 0 bridgehead atoms. The van der Waals surface area contributed by atoms with E-state index in [2.05, 4.69) is 23.5 Å². The Kier molecular flexibility index (Phi) is 14.8. The van der Waals surface area contributed by atoms with Crippen molar-refractivity contribution >= 4 is 35.2 Å². The zero-order valence-electron chi connectivity index (χ0n) is 27.5. The molecule has 2 unspecified atom stereocenters. The van der Waals surface area contributed by atoms with E-state index in [1.54, 1.807) is 56.0 Å². The summed E-state index contributed by atoms with van der Waals surface area (Å²) in [6.07, 6.45) is 11.4. The number of nitrogens with one attached hydrogen (secondary N) is 2. The highest BCUT2D eigenvalue weighted by Gasteiger charge is 2.36. The molecule has 0 aliphatic carbocycles. The van der Waals surface area contributed by atoms with E-state index in [0.717, 1.165) is 37.7 Å². The summed E-state index contributed by atoms with van der Waals surface area (Å²) in [5.41, 5.74) is 1.81. The number of para-hydroxylation sites is 1. The van der Waals surface area contributed by atoms with Gasteiger partial charge in [0, 0.05) is 12.1 Å². The van der Waals surface area contributed by atoms with Gasteiger partial charge in [0.05, 0.1) is 10.7 Å². The number of unbranched alkanes of at least 4 members (excludes halogenated alkanes) is 5. The Balaban J connectivity index is 2.58. The Hall–Kier alpha value is -3.50. The molecule has 2 aromatic rings. The van der Waals surface area contributed by atoms with Crippen LogP contribution in [0, 0.1) is 25.2 Å². The average molecular weight is 624 g/mol. The number of rotatable bonds is 15. The van der Waals surface area contributed by atoms with Crippen LogP contribution in [0.3, 0.4) is 0 Å². The van der Waals surface area contributed by atoms with Crippen molar-refractivity contribution in [1.29, 1.82) is 0 Å². The van der Waals surface area contributed by atoms with Gasteiger partial charge in [0.25, 0.3) is 5.91 Å². The SMILES string of the molecule is C#Cc1ccc(C(C(=O)Nc2c(C)cccc2Cl)N(CCCCCCCC)C(=O)C(CC(C)C)NC(=O)OC(C)(C)C)cc1. The molecule has 0 radical (unpaired) electrons. The first kappa shape index (κ1) is 36.7. The number of hydrogen-bond acceptors (Lipinski definition) is 4. The summed E-state index contributed by atoms with van der Waals surface area (Å²) >= 11 is 6.49. The highest BCUT2D eigenvalue weighted by molar-refractivity contribution is 6.34. The Morgan fingerprint density at radius 2 is 1.64 bits per heavy atom. The number of alkyl carbamates (subject to hydrolysis) is 1. The lowest BCUT2D eigenvalue weighted by Crippen LogP contribution is -2.53. The second-order valence-electron chi connectivity index (χ2n) is 12.7. The van der Waals surface area contributed by atoms with E-state index in [1.165, 1.54) is 0 Å². The number of amides is 3. The predicted octanol–water partition coefficient (Wildman–Crippen LogP) is 8.44. The molecule has 240 valence electrons. The smallest absolute Gasteiger partial charge is 0.408 e. The van der Waals surface area contributed by atoms with Crippen molar-refractivity contribution in [1.82, 2.24) is 10.2 Å². The van der Waals surface area contributed by atoms with Crippen LogP contribution in [-0.4, -0.2) is 41.0 Å². The van der Waals surface area contributed by atoms with E-state index >= 15 is 0 Å². The number of terminal acetylenes is 1. The molecular formula is C36H50ClN3O4. The molecule has 0 saturated heterocycles. The van der Waals surface area contributed by atoms with Crippen molar-refractivity contribution in [3.8, 4) is 12.3 Å². The normalized spacial score (nSPS) is 12.6. The second-order valence-corrected chi connectivity index (χ2v) is 13.1. The first-order valence-corrected chi connectivity index (χ1v) is 16.1. The lowest BCUT2D eigenvalue weighted by molar-refractivity contribution is -0.141. The lowest BCUT2D eigenvalue weighted by Gasteiger charge is -2.35. The Bertz CT molecular complexity index is 1260. The Morgan fingerprint density at radius 1 is 1.00 bits per heavy atom.